The Labute approximate surface area is 186 Å². The lowest BCUT2D eigenvalue weighted by Crippen LogP contribution is -2.42. The number of nitrogens with one attached hydrogen (secondary N) is 2. The van der Waals surface area contributed by atoms with Gasteiger partial charge < -0.3 is 24.8 Å². The first-order chi connectivity index (χ1) is 13.7. The van der Waals surface area contributed by atoms with E-state index in [1.165, 1.54) is 17.7 Å². The molecule has 156 valence electrons. The second kappa shape index (κ2) is 10.1. The smallest absolute Gasteiger partial charge is 0.191 e. The van der Waals surface area contributed by atoms with Crippen molar-refractivity contribution in [3.8, 4) is 11.5 Å². The Balaban J connectivity index is 0.00000240. The van der Waals surface area contributed by atoms with Gasteiger partial charge in [0, 0.05) is 25.6 Å². The van der Waals surface area contributed by atoms with Crippen molar-refractivity contribution in [3.05, 3.63) is 58.9 Å². The van der Waals surface area contributed by atoms with Crippen LogP contribution in [0, 0.1) is 5.82 Å². The molecule has 1 unspecified atom stereocenters. The highest BCUT2D eigenvalue weighted by Gasteiger charge is 2.22. The van der Waals surface area contributed by atoms with Gasteiger partial charge in [0.25, 0.3) is 0 Å². The lowest BCUT2D eigenvalue weighted by atomic mass is 10.1. The molecule has 2 N–H and O–H groups in total. The highest BCUT2D eigenvalue weighted by Crippen LogP contribution is 2.30. The van der Waals surface area contributed by atoms with Crippen LogP contribution in [0.4, 0.5) is 4.39 Å². The summed E-state index contributed by atoms with van der Waals surface area (Å²) < 4.78 is 30.6. The normalized spacial score (nSPS) is 17.3. The standard InChI is InChI=1S/C21H24FN3O3.HI/c1-23-21(25-11-18-10-14-4-2-3-5-19(14)28-18)24-7-6-15-8-17(22)9-16-12-26-13-27-20(15)16;/h2-5,8-9,18H,6-7,10-13H2,1H3,(H2,23,24,25);1H. The Kier molecular flexibility index (Phi) is 7.54. The maximum absolute atomic E-state index is 13.8. The molecule has 0 aromatic heterocycles. The lowest BCUT2D eigenvalue weighted by molar-refractivity contribution is -0.0172. The maximum atomic E-state index is 13.8. The van der Waals surface area contributed by atoms with E-state index in [1.807, 2.05) is 18.2 Å². The summed E-state index contributed by atoms with van der Waals surface area (Å²) in [5.74, 6) is 2.10. The minimum atomic E-state index is -0.275. The van der Waals surface area contributed by atoms with Gasteiger partial charge in [0.15, 0.2) is 12.8 Å². The Morgan fingerprint density at radius 1 is 1.21 bits per heavy atom. The summed E-state index contributed by atoms with van der Waals surface area (Å²) in [4.78, 5) is 4.25. The number of halogens is 2. The number of hydrogen-bond donors (Lipinski definition) is 2. The van der Waals surface area contributed by atoms with Gasteiger partial charge in [-0.15, -0.1) is 24.0 Å². The molecule has 29 heavy (non-hydrogen) atoms. The van der Waals surface area contributed by atoms with Crippen LogP contribution in [-0.2, 0) is 24.2 Å². The van der Waals surface area contributed by atoms with E-state index in [0.29, 0.717) is 32.1 Å². The number of fused-ring (bicyclic) bond motifs is 2. The van der Waals surface area contributed by atoms with Crippen LogP contribution in [0.5, 0.6) is 11.5 Å². The summed E-state index contributed by atoms with van der Waals surface area (Å²) in [6.45, 7) is 1.84. The van der Waals surface area contributed by atoms with Gasteiger partial charge in [0.2, 0.25) is 0 Å². The summed E-state index contributed by atoms with van der Waals surface area (Å²) in [7, 11) is 1.73. The Morgan fingerprint density at radius 3 is 2.90 bits per heavy atom. The first kappa shape index (κ1) is 21.6. The molecule has 0 amide bonds. The molecule has 1 atom stereocenters. The first-order valence-corrected chi connectivity index (χ1v) is 9.44. The van der Waals surface area contributed by atoms with Gasteiger partial charge in [-0.25, -0.2) is 4.39 Å². The van der Waals surface area contributed by atoms with Crippen LogP contribution >= 0.6 is 24.0 Å². The number of nitrogens with zero attached hydrogens (tertiary/aromatic N) is 1. The van der Waals surface area contributed by atoms with Crippen LogP contribution in [0.25, 0.3) is 0 Å². The molecule has 8 heteroatoms. The molecule has 4 rings (SSSR count). The molecule has 6 nitrogen and oxygen atoms in total. The van der Waals surface area contributed by atoms with Crippen molar-refractivity contribution in [2.45, 2.75) is 25.6 Å². The fourth-order valence-corrected chi connectivity index (χ4v) is 3.56. The molecule has 2 aromatic rings. The molecule has 0 bridgehead atoms. The zero-order chi connectivity index (χ0) is 19.3. The molecule has 2 heterocycles. The minimum Gasteiger partial charge on any atom is -0.488 e. The largest absolute Gasteiger partial charge is 0.488 e. The monoisotopic (exact) mass is 513 g/mol. The van der Waals surface area contributed by atoms with E-state index in [4.69, 9.17) is 14.2 Å². The van der Waals surface area contributed by atoms with Gasteiger partial charge in [-0.2, -0.15) is 0 Å². The van der Waals surface area contributed by atoms with Gasteiger partial charge >= 0.3 is 0 Å². The van der Waals surface area contributed by atoms with Crippen molar-refractivity contribution in [2.75, 3.05) is 26.9 Å². The first-order valence-electron chi connectivity index (χ1n) is 9.44. The fourth-order valence-electron chi connectivity index (χ4n) is 3.56. The highest BCUT2D eigenvalue weighted by atomic mass is 127. The van der Waals surface area contributed by atoms with Crippen molar-refractivity contribution in [3.63, 3.8) is 0 Å². The number of hydrogen-bond acceptors (Lipinski definition) is 4. The van der Waals surface area contributed by atoms with E-state index in [0.717, 1.165) is 29.0 Å². The summed E-state index contributed by atoms with van der Waals surface area (Å²) in [5, 5.41) is 6.56. The van der Waals surface area contributed by atoms with Gasteiger partial charge in [-0.05, 0) is 35.7 Å². The molecule has 0 spiro atoms. The molecule has 0 saturated heterocycles. The molecule has 2 aliphatic rings. The predicted octanol–water partition coefficient (Wildman–Crippen LogP) is 3.02. The van der Waals surface area contributed by atoms with Crippen molar-refractivity contribution in [1.82, 2.24) is 10.6 Å². The molecule has 0 aliphatic carbocycles. The Hall–Kier alpha value is -2.07. The van der Waals surface area contributed by atoms with E-state index in [9.17, 15) is 4.39 Å². The molecule has 0 fully saturated rings. The van der Waals surface area contributed by atoms with Crippen LogP contribution in [0.15, 0.2) is 41.4 Å². The molecule has 2 aromatic carbocycles. The SMILES string of the molecule is CN=C(NCCc1cc(F)cc2c1OCOC2)NCC1Cc2ccccc2O1.I. The van der Waals surface area contributed by atoms with Crippen LogP contribution < -0.4 is 20.1 Å². The third-order valence-electron chi connectivity index (χ3n) is 4.87. The Morgan fingerprint density at radius 2 is 2.07 bits per heavy atom. The van der Waals surface area contributed by atoms with Gasteiger partial charge in [-0.1, -0.05) is 18.2 Å². The minimum absolute atomic E-state index is 0. The molecule has 0 saturated carbocycles. The topological polar surface area (TPSA) is 64.1 Å². The lowest BCUT2D eigenvalue weighted by Gasteiger charge is -2.21. The third kappa shape index (κ3) is 5.30. The summed E-state index contributed by atoms with van der Waals surface area (Å²) >= 11 is 0. The zero-order valence-electron chi connectivity index (χ0n) is 16.2. The number of guanidine groups is 1. The highest BCUT2D eigenvalue weighted by molar-refractivity contribution is 14.0. The number of rotatable bonds is 5. The molecular weight excluding hydrogens is 488 g/mol. The second-order valence-electron chi connectivity index (χ2n) is 6.85. The van der Waals surface area contributed by atoms with Crippen LogP contribution in [0.2, 0.25) is 0 Å². The van der Waals surface area contributed by atoms with E-state index in [-0.39, 0.29) is 42.7 Å². The third-order valence-corrected chi connectivity index (χ3v) is 4.87. The summed E-state index contributed by atoms with van der Waals surface area (Å²) in [6, 6.07) is 11.1. The number of benzene rings is 2. The van der Waals surface area contributed by atoms with Crippen molar-refractivity contribution < 1.29 is 18.6 Å². The van der Waals surface area contributed by atoms with Gasteiger partial charge in [-0.3, -0.25) is 4.99 Å². The fraction of sp³-hybridized carbons (Fsp3) is 0.381. The van der Waals surface area contributed by atoms with Crippen molar-refractivity contribution >= 4 is 29.9 Å². The number of aliphatic imine (C=N–C) groups is 1. The summed E-state index contributed by atoms with van der Waals surface area (Å²) in [6.07, 6.45) is 1.58. The molecule has 2 aliphatic heterocycles. The Bertz CT molecular complexity index is 853. The van der Waals surface area contributed by atoms with Crippen molar-refractivity contribution in [1.29, 1.82) is 0 Å². The number of ether oxygens (including phenoxy) is 3. The van der Waals surface area contributed by atoms with Gasteiger partial charge in [0.1, 0.15) is 23.4 Å². The number of para-hydroxylation sites is 1. The maximum Gasteiger partial charge on any atom is 0.191 e. The van der Waals surface area contributed by atoms with Crippen LogP contribution in [-0.4, -0.2) is 39.0 Å². The van der Waals surface area contributed by atoms with E-state index < -0.39 is 0 Å². The van der Waals surface area contributed by atoms with E-state index in [2.05, 4.69) is 21.7 Å². The average Bonchev–Trinajstić information content (AvgIpc) is 3.13. The second-order valence-corrected chi connectivity index (χ2v) is 6.85. The van der Waals surface area contributed by atoms with Crippen LogP contribution in [0.3, 0.4) is 0 Å². The summed E-state index contributed by atoms with van der Waals surface area (Å²) in [5.41, 5.74) is 2.81. The molecule has 0 radical (unpaired) electrons. The van der Waals surface area contributed by atoms with Gasteiger partial charge in [0.05, 0.1) is 13.2 Å². The molecular formula is C21H25FIN3O3. The van der Waals surface area contributed by atoms with E-state index in [1.54, 1.807) is 7.05 Å². The average molecular weight is 513 g/mol. The zero-order valence-corrected chi connectivity index (χ0v) is 18.6. The predicted molar refractivity (Wildman–Crippen MR) is 120 cm³/mol. The quantitative estimate of drug-likeness (QED) is 0.366. The van der Waals surface area contributed by atoms with E-state index >= 15 is 0 Å². The van der Waals surface area contributed by atoms with Crippen LogP contribution in [0.1, 0.15) is 16.7 Å². The van der Waals surface area contributed by atoms with Crippen molar-refractivity contribution in [2.24, 2.45) is 4.99 Å².